The minimum atomic E-state index is -0.564. The highest BCUT2D eigenvalue weighted by atomic mass is 32.2. The van der Waals surface area contributed by atoms with Gasteiger partial charge in [-0.1, -0.05) is 13.0 Å². The van der Waals surface area contributed by atoms with Crippen LogP contribution < -0.4 is 11.1 Å². The largest absolute Gasteiger partial charge is 0.396 e. The van der Waals surface area contributed by atoms with Gasteiger partial charge in [-0.3, -0.25) is 4.79 Å². The lowest BCUT2D eigenvalue weighted by Gasteiger charge is -2.11. The smallest absolute Gasteiger partial charge is 0.253 e. The number of anilines is 1. The van der Waals surface area contributed by atoms with E-state index in [0.29, 0.717) is 11.8 Å². The van der Waals surface area contributed by atoms with Crippen LogP contribution in [0.4, 0.5) is 10.1 Å². The summed E-state index contributed by atoms with van der Waals surface area (Å²) in [6.07, 6.45) is 1.97. The first-order valence-electron chi connectivity index (χ1n) is 4.91. The van der Waals surface area contributed by atoms with Crippen LogP contribution in [0.5, 0.6) is 0 Å². The molecule has 0 bridgehead atoms. The molecule has 3 N–H and O–H groups in total. The number of carbonyl (C=O) groups is 1. The second-order valence-electron chi connectivity index (χ2n) is 3.46. The molecule has 0 aliphatic carbocycles. The summed E-state index contributed by atoms with van der Waals surface area (Å²) in [4.78, 5) is 11.7. The van der Waals surface area contributed by atoms with E-state index in [0.717, 1.165) is 0 Å². The zero-order valence-corrected chi connectivity index (χ0v) is 10.1. The standard InChI is InChI=1S/C11H15FN2OS/c1-7(16-2)6-14-11(15)8-4-3-5-9(12)10(8)13/h3-5,7H,6,13H2,1-2H3,(H,14,15). The predicted molar refractivity (Wildman–Crippen MR) is 66.1 cm³/mol. The Morgan fingerprint density at radius 2 is 2.31 bits per heavy atom. The van der Waals surface area contributed by atoms with Crippen molar-refractivity contribution in [2.24, 2.45) is 0 Å². The first-order chi connectivity index (χ1) is 7.56. The average Bonchev–Trinajstić information content (AvgIpc) is 2.29. The van der Waals surface area contributed by atoms with Gasteiger partial charge in [0, 0.05) is 11.8 Å². The van der Waals surface area contributed by atoms with E-state index < -0.39 is 5.82 Å². The Hall–Kier alpha value is -1.23. The maximum absolute atomic E-state index is 13.1. The number of nitrogens with one attached hydrogen (secondary N) is 1. The van der Waals surface area contributed by atoms with E-state index in [4.69, 9.17) is 5.73 Å². The van der Waals surface area contributed by atoms with Crippen LogP contribution >= 0.6 is 11.8 Å². The van der Waals surface area contributed by atoms with Crippen molar-refractivity contribution in [3.63, 3.8) is 0 Å². The molecule has 3 nitrogen and oxygen atoms in total. The third-order valence-corrected chi connectivity index (χ3v) is 3.22. The van der Waals surface area contributed by atoms with Crippen molar-refractivity contribution >= 4 is 23.4 Å². The Balaban J connectivity index is 2.70. The van der Waals surface area contributed by atoms with Crippen LogP contribution in [-0.2, 0) is 0 Å². The molecule has 1 aromatic rings. The number of hydrogen-bond acceptors (Lipinski definition) is 3. The summed E-state index contributed by atoms with van der Waals surface area (Å²) in [6.45, 7) is 2.54. The van der Waals surface area contributed by atoms with Gasteiger partial charge in [0.05, 0.1) is 11.3 Å². The molecule has 1 unspecified atom stereocenters. The van der Waals surface area contributed by atoms with Crippen molar-refractivity contribution in [1.82, 2.24) is 5.32 Å². The van der Waals surface area contributed by atoms with Crippen molar-refractivity contribution in [2.75, 3.05) is 18.5 Å². The van der Waals surface area contributed by atoms with Crippen LogP contribution in [0.15, 0.2) is 18.2 Å². The summed E-state index contributed by atoms with van der Waals surface area (Å²) in [5, 5.41) is 3.03. The van der Waals surface area contributed by atoms with E-state index >= 15 is 0 Å². The minimum Gasteiger partial charge on any atom is -0.396 e. The fourth-order valence-corrected chi connectivity index (χ4v) is 1.40. The van der Waals surface area contributed by atoms with E-state index in [-0.39, 0.29) is 17.2 Å². The zero-order valence-electron chi connectivity index (χ0n) is 9.29. The fourth-order valence-electron chi connectivity index (χ4n) is 1.15. The molecule has 0 aliphatic heterocycles. The molecule has 0 heterocycles. The van der Waals surface area contributed by atoms with Crippen LogP contribution in [0.2, 0.25) is 0 Å². The molecular weight excluding hydrogens is 227 g/mol. The van der Waals surface area contributed by atoms with Gasteiger partial charge in [-0.2, -0.15) is 11.8 Å². The fraction of sp³-hybridized carbons (Fsp3) is 0.364. The third-order valence-electron chi connectivity index (χ3n) is 2.25. The molecule has 0 saturated heterocycles. The normalized spacial score (nSPS) is 12.2. The van der Waals surface area contributed by atoms with Crippen molar-refractivity contribution in [2.45, 2.75) is 12.2 Å². The van der Waals surface area contributed by atoms with E-state index in [1.807, 2.05) is 13.2 Å². The van der Waals surface area contributed by atoms with Crippen molar-refractivity contribution < 1.29 is 9.18 Å². The molecular formula is C11H15FN2OS. The molecule has 1 atom stereocenters. The zero-order chi connectivity index (χ0) is 12.1. The van der Waals surface area contributed by atoms with Gasteiger partial charge in [0.2, 0.25) is 0 Å². The van der Waals surface area contributed by atoms with Gasteiger partial charge in [0.25, 0.3) is 5.91 Å². The van der Waals surface area contributed by atoms with Gasteiger partial charge in [-0.25, -0.2) is 4.39 Å². The van der Waals surface area contributed by atoms with Crippen LogP contribution in [0.1, 0.15) is 17.3 Å². The molecule has 0 radical (unpaired) electrons. The van der Waals surface area contributed by atoms with Crippen molar-refractivity contribution in [3.05, 3.63) is 29.6 Å². The number of carbonyl (C=O) groups excluding carboxylic acids is 1. The van der Waals surface area contributed by atoms with Gasteiger partial charge in [-0.05, 0) is 18.4 Å². The predicted octanol–water partition coefficient (Wildman–Crippen LogP) is 1.89. The van der Waals surface area contributed by atoms with Crippen LogP contribution in [0, 0.1) is 5.82 Å². The Labute approximate surface area is 98.6 Å². The molecule has 1 aromatic carbocycles. The van der Waals surface area contributed by atoms with Crippen molar-refractivity contribution in [3.8, 4) is 0 Å². The number of para-hydroxylation sites is 1. The molecule has 88 valence electrons. The Bertz CT molecular complexity index is 384. The quantitative estimate of drug-likeness (QED) is 0.793. The maximum atomic E-state index is 13.1. The topological polar surface area (TPSA) is 55.1 Å². The summed E-state index contributed by atoms with van der Waals surface area (Å²) in [7, 11) is 0. The number of nitrogen functional groups attached to an aromatic ring is 1. The summed E-state index contributed by atoms with van der Waals surface area (Å²) in [5.41, 5.74) is 5.57. The molecule has 0 saturated carbocycles. The molecule has 0 aromatic heterocycles. The molecule has 16 heavy (non-hydrogen) atoms. The van der Waals surface area contributed by atoms with E-state index in [2.05, 4.69) is 5.32 Å². The van der Waals surface area contributed by atoms with Crippen LogP contribution in [0.25, 0.3) is 0 Å². The SMILES string of the molecule is CSC(C)CNC(=O)c1cccc(F)c1N. The molecule has 1 rings (SSSR count). The number of nitrogens with two attached hydrogens (primary N) is 1. The van der Waals surface area contributed by atoms with Crippen molar-refractivity contribution in [1.29, 1.82) is 0 Å². The first kappa shape index (κ1) is 12.8. The number of amides is 1. The summed E-state index contributed by atoms with van der Waals surface area (Å²) >= 11 is 1.65. The van der Waals surface area contributed by atoms with E-state index in [1.165, 1.54) is 18.2 Å². The summed E-state index contributed by atoms with van der Waals surface area (Å²) < 4.78 is 13.1. The van der Waals surface area contributed by atoms with Gasteiger partial charge >= 0.3 is 0 Å². The molecule has 0 spiro atoms. The average molecular weight is 242 g/mol. The lowest BCUT2D eigenvalue weighted by Crippen LogP contribution is -2.30. The highest BCUT2D eigenvalue weighted by molar-refractivity contribution is 7.99. The first-order valence-corrected chi connectivity index (χ1v) is 6.20. The third kappa shape index (κ3) is 3.13. The second-order valence-corrected chi connectivity index (χ2v) is 4.73. The van der Waals surface area contributed by atoms with Gasteiger partial charge in [0.15, 0.2) is 0 Å². The number of hydrogen-bond donors (Lipinski definition) is 2. The molecule has 0 aliphatic rings. The number of rotatable bonds is 4. The lowest BCUT2D eigenvalue weighted by molar-refractivity contribution is 0.0954. The lowest BCUT2D eigenvalue weighted by atomic mass is 10.1. The highest BCUT2D eigenvalue weighted by Gasteiger charge is 2.12. The summed E-state index contributed by atoms with van der Waals surface area (Å²) in [5.74, 6) is -0.900. The monoisotopic (exact) mass is 242 g/mol. The molecule has 0 fully saturated rings. The maximum Gasteiger partial charge on any atom is 0.253 e. The number of benzene rings is 1. The van der Waals surface area contributed by atoms with Gasteiger partial charge in [-0.15, -0.1) is 0 Å². The number of thioether (sulfide) groups is 1. The van der Waals surface area contributed by atoms with Crippen LogP contribution in [-0.4, -0.2) is 24.0 Å². The van der Waals surface area contributed by atoms with E-state index in [1.54, 1.807) is 11.8 Å². The summed E-state index contributed by atoms with van der Waals surface area (Å²) in [6, 6.07) is 4.22. The molecule has 5 heteroatoms. The Morgan fingerprint density at radius 3 is 2.94 bits per heavy atom. The molecule has 1 amide bonds. The van der Waals surface area contributed by atoms with Crippen LogP contribution in [0.3, 0.4) is 0 Å². The second kappa shape index (κ2) is 5.75. The van der Waals surface area contributed by atoms with Gasteiger partial charge < -0.3 is 11.1 Å². The number of halogens is 1. The highest BCUT2D eigenvalue weighted by Crippen LogP contribution is 2.15. The minimum absolute atomic E-state index is 0.100. The Morgan fingerprint density at radius 1 is 1.62 bits per heavy atom. The van der Waals surface area contributed by atoms with E-state index in [9.17, 15) is 9.18 Å². The van der Waals surface area contributed by atoms with Gasteiger partial charge in [0.1, 0.15) is 5.82 Å². The Kier molecular flexibility index (Phi) is 4.61.